The molecule has 4 heteroatoms. The highest BCUT2D eigenvalue weighted by Crippen LogP contribution is 2.34. The summed E-state index contributed by atoms with van der Waals surface area (Å²) in [6.07, 6.45) is 2.78. The number of piperidine rings is 1. The molecule has 0 aliphatic carbocycles. The predicted molar refractivity (Wildman–Crippen MR) is 78.0 cm³/mol. The van der Waals surface area contributed by atoms with Gasteiger partial charge in [-0.25, -0.2) is 0 Å². The quantitative estimate of drug-likeness (QED) is 0.753. The second-order valence-electron chi connectivity index (χ2n) is 7.25. The van der Waals surface area contributed by atoms with E-state index in [2.05, 4.69) is 50.5 Å². The van der Waals surface area contributed by atoms with Crippen LogP contribution in [0.3, 0.4) is 0 Å². The van der Waals surface area contributed by atoms with Crippen LogP contribution in [-0.2, 0) is 4.79 Å². The Labute approximate surface area is 116 Å². The number of nitrogens with one attached hydrogen (secondary N) is 1. The Morgan fingerprint density at radius 3 is 2.28 bits per heavy atom. The van der Waals surface area contributed by atoms with Gasteiger partial charge in [-0.1, -0.05) is 0 Å². The minimum Gasteiger partial charge on any atom is -0.339 e. The van der Waals surface area contributed by atoms with Crippen LogP contribution in [0.5, 0.6) is 0 Å². The molecular weight excluding hydrogens is 244 g/mol. The summed E-state index contributed by atoms with van der Waals surface area (Å²) in [5.74, 6) is 1.59. The van der Waals surface area contributed by atoms with E-state index in [1.807, 2.05) is 0 Å². The first-order chi connectivity index (χ1) is 8.22. The zero-order valence-corrected chi connectivity index (χ0v) is 12.9. The fraction of sp³-hybridized carbons (Fsp3) is 0.929. The Hall–Kier alpha value is -0.220. The van der Waals surface area contributed by atoms with Crippen molar-refractivity contribution in [2.45, 2.75) is 64.1 Å². The van der Waals surface area contributed by atoms with Crippen LogP contribution in [0.15, 0.2) is 0 Å². The molecule has 1 amide bonds. The SMILES string of the molecule is CC1(C)CC(N2CC(CS)CC2=O)CC(C)(C)N1. The Morgan fingerprint density at radius 1 is 1.28 bits per heavy atom. The van der Waals surface area contributed by atoms with Crippen molar-refractivity contribution < 1.29 is 4.79 Å². The van der Waals surface area contributed by atoms with Gasteiger partial charge in [0.05, 0.1) is 0 Å². The van der Waals surface area contributed by atoms with Gasteiger partial charge in [-0.05, 0) is 52.2 Å². The van der Waals surface area contributed by atoms with Crippen LogP contribution < -0.4 is 5.32 Å². The van der Waals surface area contributed by atoms with Crippen LogP contribution in [0, 0.1) is 5.92 Å². The fourth-order valence-corrected chi connectivity index (χ4v) is 4.02. The van der Waals surface area contributed by atoms with E-state index >= 15 is 0 Å². The fourth-order valence-electron chi connectivity index (χ4n) is 3.77. The first kappa shape index (κ1) is 14.2. The number of amides is 1. The number of likely N-dealkylation sites (tertiary alicyclic amines) is 1. The molecule has 0 bridgehead atoms. The second-order valence-corrected chi connectivity index (χ2v) is 7.62. The summed E-state index contributed by atoms with van der Waals surface area (Å²) in [4.78, 5) is 14.3. The molecule has 2 heterocycles. The van der Waals surface area contributed by atoms with Crippen molar-refractivity contribution in [1.29, 1.82) is 0 Å². The third-order valence-corrected chi connectivity index (χ3v) is 4.62. The van der Waals surface area contributed by atoms with E-state index in [-0.39, 0.29) is 11.1 Å². The average Bonchev–Trinajstić information content (AvgIpc) is 2.55. The van der Waals surface area contributed by atoms with Crippen molar-refractivity contribution in [2.75, 3.05) is 12.3 Å². The van der Waals surface area contributed by atoms with Crippen molar-refractivity contribution in [1.82, 2.24) is 10.2 Å². The molecule has 1 atom stereocenters. The lowest BCUT2D eigenvalue weighted by Gasteiger charge is -2.49. The maximum atomic E-state index is 12.1. The van der Waals surface area contributed by atoms with E-state index in [1.165, 1.54) is 0 Å². The summed E-state index contributed by atoms with van der Waals surface area (Å²) in [5, 5.41) is 3.67. The van der Waals surface area contributed by atoms with Gasteiger partial charge in [0.2, 0.25) is 5.91 Å². The molecule has 0 spiro atoms. The molecule has 2 aliphatic heterocycles. The van der Waals surface area contributed by atoms with Crippen LogP contribution in [0.1, 0.15) is 47.0 Å². The molecule has 104 valence electrons. The Bertz CT molecular complexity index is 325. The lowest BCUT2D eigenvalue weighted by Crippen LogP contribution is -2.62. The third kappa shape index (κ3) is 3.02. The summed E-state index contributed by atoms with van der Waals surface area (Å²) in [7, 11) is 0. The summed E-state index contributed by atoms with van der Waals surface area (Å²) < 4.78 is 0. The molecule has 0 aromatic heterocycles. The Morgan fingerprint density at radius 2 is 1.83 bits per heavy atom. The van der Waals surface area contributed by atoms with Crippen LogP contribution >= 0.6 is 12.6 Å². The predicted octanol–water partition coefficient (Wildman–Crippen LogP) is 2.07. The zero-order valence-electron chi connectivity index (χ0n) is 12.0. The average molecular weight is 270 g/mol. The molecule has 18 heavy (non-hydrogen) atoms. The maximum Gasteiger partial charge on any atom is 0.223 e. The molecule has 1 N–H and O–H groups in total. The molecule has 0 aromatic carbocycles. The van der Waals surface area contributed by atoms with Gasteiger partial charge in [0.25, 0.3) is 0 Å². The molecular formula is C14H26N2OS. The summed E-state index contributed by atoms with van der Waals surface area (Å²) >= 11 is 4.34. The number of carbonyl (C=O) groups excluding carboxylic acids is 1. The van der Waals surface area contributed by atoms with Crippen LogP contribution in [0.2, 0.25) is 0 Å². The highest BCUT2D eigenvalue weighted by molar-refractivity contribution is 7.80. The minimum atomic E-state index is 0.103. The van der Waals surface area contributed by atoms with Crippen LogP contribution in [0.4, 0.5) is 0 Å². The number of nitrogens with zero attached hydrogens (tertiary/aromatic N) is 1. The molecule has 2 fully saturated rings. The van der Waals surface area contributed by atoms with E-state index in [4.69, 9.17) is 0 Å². The Kier molecular flexibility index (Phi) is 3.72. The van der Waals surface area contributed by atoms with Gasteiger partial charge in [0.1, 0.15) is 0 Å². The molecule has 2 saturated heterocycles. The maximum absolute atomic E-state index is 12.1. The van der Waals surface area contributed by atoms with Gasteiger partial charge < -0.3 is 10.2 Å². The zero-order chi connectivity index (χ0) is 13.6. The smallest absolute Gasteiger partial charge is 0.223 e. The normalized spacial score (nSPS) is 31.9. The number of thiol groups is 1. The lowest BCUT2D eigenvalue weighted by molar-refractivity contribution is -0.131. The largest absolute Gasteiger partial charge is 0.339 e. The highest BCUT2D eigenvalue weighted by atomic mass is 32.1. The van der Waals surface area contributed by atoms with Gasteiger partial charge in [0.15, 0.2) is 0 Å². The Balaban J connectivity index is 2.11. The molecule has 0 aromatic rings. The number of rotatable bonds is 2. The molecule has 0 radical (unpaired) electrons. The first-order valence-corrected chi connectivity index (χ1v) is 7.55. The van der Waals surface area contributed by atoms with E-state index in [1.54, 1.807) is 0 Å². The molecule has 1 unspecified atom stereocenters. The standard InChI is InChI=1S/C14H26N2OS/c1-13(2)6-11(7-14(3,4)15-13)16-8-10(9-18)5-12(16)17/h10-11,15,18H,5-9H2,1-4H3. The molecule has 3 nitrogen and oxygen atoms in total. The van der Waals surface area contributed by atoms with Crippen molar-refractivity contribution in [3.8, 4) is 0 Å². The topological polar surface area (TPSA) is 32.3 Å². The van der Waals surface area contributed by atoms with E-state index in [0.717, 1.165) is 25.1 Å². The van der Waals surface area contributed by atoms with Crippen molar-refractivity contribution in [2.24, 2.45) is 5.92 Å². The van der Waals surface area contributed by atoms with E-state index < -0.39 is 0 Å². The monoisotopic (exact) mass is 270 g/mol. The van der Waals surface area contributed by atoms with Gasteiger partial charge in [0, 0.05) is 30.1 Å². The summed E-state index contributed by atoms with van der Waals surface area (Å²) in [5.41, 5.74) is 0.206. The van der Waals surface area contributed by atoms with Gasteiger partial charge in [-0.3, -0.25) is 4.79 Å². The van der Waals surface area contributed by atoms with Crippen molar-refractivity contribution in [3.63, 3.8) is 0 Å². The van der Waals surface area contributed by atoms with E-state index in [9.17, 15) is 4.79 Å². The minimum absolute atomic E-state index is 0.103. The van der Waals surface area contributed by atoms with Crippen molar-refractivity contribution in [3.05, 3.63) is 0 Å². The third-order valence-electron chi connectivity index (χ3n) is 4.11. The van der Waals surface area contributed by atoms with Gasteiger partial charge in [-0.2, -0.15) is 12.6 Å². The van der Waals surface area contributed by atoms with Crippen LogP contribution in [-0.4, -0.2) is 40.2 Å². The van der Waals surface area contributed by atoms with Crippen molar-refractivity contribution >= 4 is 18.5 Å². The van der Waals surface area contributed by atoms with Gasteiger partial charge >= 0.3 is 0 Å². The van der Waals surface area contributed by atoms with Crippen LogP contribution in [0.25, 0.3) is 0 Å². The van der Waals surface area contributed by atoms with Gasteiger partial charge in [-0.15, -0.1) is 0 Å². The van der Waals surface area contributed by atoms with E-state index in [0.29, 0.717) is 24.3 Å². The molecule has 2 aliphatic rings. The molecule has 2 rings (SSSR count). The molecule has 0 saturated carbocycles. The summed E-state index contributed by atoms with van der Waals surface area (Å²) in [6, 6.07) is 0.383. The first-order valence-electron chi connectivity index (χ1n) is 6.92. The number of hydrogen-bond donors (Lipinski definition) is 2. The second kappa shape index (κ2) is 4.71. The number of carbonyl (C=O) groups is 1. The lowest BCUT2D eigenvalue weighted by atomic mass is 9.79. The highest BCUT2D eigenvalue weighted by Gasteiger charge is 2.43. The number of hydrogen-bond acceptors (Lipinski definition) is 3. The summed E-state index contributed by atoms with van der Waals surface area (Å²) in [6.45, 7) is 9.84.